The third kappa shape index (κ3) is 12.4. The summed E-state index contributed by atoms with van der Waals surface area (Å²) < 4.78 is 0. The van der Waals surface area contributed by atoms with Gasteiger partial charge >= 0.3 is 18.0 Å². The molecule has 0 radical (unpaired) electrons. The molecule has 4 atom stereocenters. The van der Waals surface area contributed by atoms with Crippen molar-refractivity contribution >= 4 is 53.0 Å². The van der Waals surface area contributed by atoms with Gasteiger partial charge in [-0.1, -0.05) is 44.2 Å². The van der Waals surface area contributed by atoms with Crippen LogP contribution in [0, 0.1) is 12.8 Å². The monoisotopic (exact) mass is 723 g/mol. The number of nitrogens with zero attached hydrogens (tertiary/aromatic N) is 1. The van der Waals surface area contributed by atoms with Gasteiger partial charge in [-0.15, -0.1) is 0 Å². The van der Waals surface area contributed by atoms with Crippen LogP contribution < -0.4 is 32.3 Å². The van der Waals surface area contributed by atoms with Crippen LogP contribution >= 0.6 is 0 Å². The number of likely N-dealkylation sites (tertiary alicyclic amines) is 1. The number of carboxylic acids is 2. The molecule has 2 aromatic carbocycles. The van der Waals surface area contributed by atoms with Crippen LogP contribution in [0.4, 0.5) is 16.2 Å². The van der Waals surface area contributed by atoms with Gasteiger partial charge in [0, 0.05) is 17.9 Å². The predicted molar refractivity (Wildman–Crippen MR) is 192 cm³/mol. The summed E-state index contributed by atoms with van der Waals surface area (Å²) in [6, 6.07) is 8.46. The summed E-state index contributed by atoms with van der Waals surface area (Å²) in [5.74, 6) is -5.93. The summed E-state index contributed by atoms with van der Waals surface area (Å²) in [5.41, 5.74) is 8.25. The van der Waals surface area contributed by atoms with E-state index in [1.807, 2.05) is 25.1 Å². The number of hydrogen-bond acceptors (Lipinski definition) is 8. The molecule has 1 heterocycles. The number of hydrogen-bond donors (Lipinski definition) is 8. The number of nitrogens with two attached hydrogens (primary N) is 1. The van der Waals surface area contributed by atoms with Gasteiger partial charge in [0.2, 0.25) is 23.6 Å². The molecule has 0 aliphatic carbocycles. The van der Waals surface area contributed by atoms with E-state index in [0.29, 0.717) is 42.7 Å². The second-order valence-corrected chi connectivity index (χ2v) is 13.1. The van der Waals surface area contributed by atoms with Gasteiger partial charge in [0.15, 0.2) is 0 Å². The molecule has 1 saturated heterocycles. The number of urea groups is 1. The molecule has 3 rings (SSSR count). The van der Waals surface area contributed by atoms with Gasteiger partial charge in [-0.25, -0.2) is 9.59 Å². The van der Waals surface area contributed by atoms with Crippen molar-refractivity contribution in [2.24, 2.45) is 11.7 Å². The van der Waals surface area contributed by atoms with Crippen LogP contribution in [0.3, 0.4) is 0 Å². The van der Waals surface area contributed by atoms with Crippen molar-refractivity contribution in [2.45, 2.75) is 89.9 Å². The highest BCUT2D eigenvalue weighted by molar-refractivity contribution is 6.00. The van der Waals surface area contributed by atoms with E-state index < -0.39 is 78.1 Å². The number of aliphatic carboxylic acids is 2. The van der Waals surface area contributed by atoms with Crippen molar-refractivity contribution in [2.75, 3.05) is 23.7 Å². The Balaban J connectivity index is 1.66. The number of carbonyl (C=O) groups is 7. The van der Waals surface area contributed by atoms with Crippen molar-refractivity contribution in [3.63, 3.8) is 0 Å². The van der Waals surface area contributed by atoms with Gasteiger partial charge < -0.3 is 47.4 Å². The van der Waals surface area contributed by atoms with Gasteiger partial charge in [-0.2, -0.15) is 0 Å². The van der Waals surface area contributed by atoms with Gasteiger partial charge in [0.05, 0.1) is 12.8 Å². The number of carboxylic acid groups (broad SMARTS) is 2. The number of benzene rings is 2. The van der Waals surface area contributed by atoms with E-state index >= 15 is 0 Å². The molecule has 16 heteroatoms. The molecule has 0 bridgehead atoms. The SMILES string of the molecule is Cc1ccccc1NC(=O)Nc1ccc(CC(=O)N[C@@H](CCCCN)C(=O)N[C@@H](CC(=O)O)C(=O)N[C@H](C(=O)N2CCC[C@H]2C(=O)O)C(C)C)cc1. The zero-order chi connectivity index (χ0) is 38.4. The second kappa shape index (κ2) is 19.8. The van der Waals surface area contributed by atoms with Gasteiger partial charge in [-0.3, -0.25) is 24.0 Å². The normalized spacial score (nSPS) is 15.6. The molecule has 6 amide bonds. The minimum absolute atomic E-state index is 0.124. The Hall–Kier alpha value is -5.51. The lowest BCUT2D eigenvalue weighted by atomic mass is 10.0. The van der Waals surface area contributed by atoms with Crippen molar-refractivity contribution in [1.29, 1.82) is 0 Å². The van der Waals surface area contributed by atoms with Gasteiger partial charge in [-0.05, 0) is 80.8 Å². The smallest absolute Gasteiger partial charge is 0.326 e. The molecular weight excluding hydrogens is 674 g/mol. The number of unbranched alkanes of at least 4 members (excludes halogenated alkanes) is 1. The maximum atomic E-state index is 13.5. The number of carbonyl (C=O) groups excluding carboxylic acids is 5. The van der Waals surface area contributed by atoms with Gasteiger partial charge in [0.1, 0.15) is 24.2 Å². The molecule has 9 N–H and O–H groups in total. The lowest BCUT2D eigenvalue weighted by Gasteiger charge is -2.30. The number of amides is 6. The van der Waals surface area contributed by atoms with Crippen LogP contribution in [0.15, 0.2) is 48.5 Å². The first-order chi connectivity index (χ1) is 24.7. The average Bonchev–Trinajstić information content (AvgIpc) is 3.58. The number of rotatable bonds is 18. The fourth-order valence-electron chi connectivity index (χ4n) is 5.79. The highest BCUT2D eigenvalue weighted by Crippen LogP contribution is 2.21. The Bertz CT molecular complexity index is 1600. The van der Waals surface area contributed by atoms with Crippen LogP contribution in [0.1, 0.15) is 63.5 Å². The highest BCUT2D eigenvalue weighted by atomic mass is 16.4. The Morgan fingerprint density at radius 2 is 1.54 bits per heavy atom. The fraction of sp³-hybridized carbons (Fsp3) is 0.472. The molecule has 0 aromatic heterocycles. The van der Waals surface area contributed by atoms with Crippen molar-refractivity contribution in [1.82, 2.24) is 20.9 Å². The van der Waals surface area contributed by atoms with E-state index in [9.17, 15) is 43.8 Å². The van der Waals surface area contributed by atoms with E-state index in [2.05, 4.69) is 26.6 Å². The maximum absolute atomic E-state index is 13.5. The Morgan fingerprint density at radius 3 is 2.15 bits per heavy atom. The second-order valence-electron chi connectivity index (χ2n) is 13.1. The Morgan fingerprint density at radius 1 is 0.865 bits per heavy atom. The summed E-state index contributed by atoms with van der Waals surface area (Å²) in [6.45, 7) is 5.70. The minimum Gasteiger partial charge on any atom is -0.481 e. The van der Waals surface area contributed by atoms with E-state index in [0.717, 1.165) is 5.56 Å². The summed E-state index contributed by atoms with van der Waals surface area (Å²) in [4.78, 5) is 90.4. The molecule has 0 saturated carbocycles. The zero-order valence-corrected chi connectivity index (χ0v) is 29.6. The number of nitrogens with one attached hydrogen (secondary N) is 5. The molecular formula is C36H49N7O9. The topological polar surface area (TPSA) is 249 Å². The number of aryl methyl sites for hydroxylation is 1. The molecule has 2 aromatic rings. The van der Waals surface area contributed by atoms with Gasteiger partial charge in [0.25, 0.3) is 0 Å². The van der Waals surface area contributed by atoms with E-state index in [1.54, 1.807) is 44.2 Å². The lowest BCUT2D eigenvalue weighted by molar-refractivity contribution is -0.150. The Kier molecular flexibility index (Phi) is 15.6. The van der Waals surface area contributed by atoms with Crippen LogP contribution in [-0.2, 0) is 35.2 Å². The molecule has 1 aliphatic rings. The number of anilines is 2. The average molecular weight is 724 g/mol. The van der Waals surface area contributed by atoms with E-state index in [-0.39, 0.29) is 25.8 Å². The van der Waals surface area contributed by atoms with Crippen molar-refractivity contribution in [3.8, 4) is 0 Å². The van der Waals surface area contributed by atoms with Crippen molar-refractivity contribution in [3.05, 3.63) is 59.7 Å². The molecule has 0 unspecified atom stereocenters. The maximum Gasteiger partial charge on any atom is 0.326 e. The predicted octanol–water partition coefficient (Wildman–Crippen LogP) is 1.97. The molecule has 52 heavy (non-hydrogen) atoms. The van der Waals surface area contributed by atoms with E-state index in [4.69, 9.17) is 5.73 Å². The molecule has 0 spiro atoms. The van der Waals surface area contributed by atoms with Crippen LogP contribution in [0.5, 0.6) is 0 Å². The largest absolute Gasteiger partial charge is 0.481 e. The standard InChI is InChI=1S/C36H49N7O9/c1-21(2)31(34(49)43-18-8-12-28(43)35(50)51)42-33(48)27(20-30(45)46)40-32(47)26(11-6-7-17-37)39-29(44)19-23-13-15-24(16-14-23)38-36(52)41-25-10-5-4-9-22(25)3/h4-5,9-10,13-16,21,26-28,31H,6-8,11-12,17-20,37H2,1-3H3,(H,39,44)(H,40,47)(H,42,48)(H,45,46)(H,50,51)(H2,38,41,52)/t26-,27-,28-,31-/m0/s1. The minimum atomic E-state index is -1.61. The third-order valence-corrected chi connectivity index (χ3v) is 8.63. The molecule has 1 aliphatic heterocycles. The molecule has 16 nitrogen and oxygen atoms in total. The lowest BCUT2D eigenvalue weighted by Crippen LogP contribution is -2.59. The quantitative estimate of drug-likeness (QED) is 0.104. The summed E-state index contributed by atoms with van der Waals surface area (Å²) in [6.07, 6.45) is 0.939. The summed E-state index contributed by atoms with van der Waals surface area (Å²) >= 11 is 0. The van der Waals surface area contributed by atoms with Crippen molar-refractivity contribution < 1.29 is 43.8 Å². The third-order valence-electron chi connectivity index (χ3n) is 8.63. The first-order valence-corrected chi connectivity index (χ1v) is 17.3. The van der Waals surface area contributed by atoms with E-state index in [1.165, 1.54) is 4.90 Å². The Labute approximate surface area is 302 Å². The van der Waals surface area contributed by atoms with Crippen LogP contribution in [-0.4, -0.2) is 94.0 Å². The first-order valence-electron chi connectivity index (χ1n) is 17.3. The first kappa shape index (κ1) is 40.9. The van der Waals surface area contributed by atoms with Crippen LogP contribution in [0.25, 0.3) is 0 Å². The number of para-hydroxylation sites is 1. The van der Waals surface area contributed by atoms with Crippen LogP contribution in [0.2, 0.25) is 0 Å². The molecule has 282 valence electrons. The fourth-order valence-corrected chi connectivity index (χ4v) is 5.79. The molecule has 1 fully saturated rings. The highest BCUT2D eigenvalue weighted by Gasteiger charge is 2.39. The summed E-state index contributed by atoms with van der Waals surface area (Å²) in [7, 11) is 0. The summed E-state index contributed by atoms with van der Waals surface area (Å²) in [5, 5.41) is 32.2. The zero-order valence-electron chi connectivity index (χ0n) is 29.6.